The van der Waals surface area contributed by atoms with Crippen molar-refractivity contribution < 1.29 is 4.79 Å². The minimum Gasteiger partial charge on any atom is -0.294 e. The Morgan fingerprint density at radius 3 is 2.80 bits per heavy atom. The minimum atomic E-state index is 0.0703. The van der Waals surface area contributed by atoms with Crippen molar-refractivity contribution in [3.05, 3.63) is 33.3 Å². The van der Waals surface area contributed by atoms with E-state index >= 15 is 0 Å². The van der Waals surface area contributed by atoms with Gasteiger partial charge < -0.3 is 0 Å². The Hall–Kier alpha value is -0.780. The largest absolute Gasteiger partial charge is 0.294 e. The Bertz CT molecular complexity index is 409. The van der Waals surface area contributed by atoms with Crippen LogP contribution < -0.4 is 0 Å². The maximum absolute atomic E-state index is 11.7. The number of carbonyl (C=O) groups is 1. The van der Waals surface area contributed by atoms with Crippen LogP contribution in [0.25, 0.3) is 0 Å². The van der Waals surface area contributed by atoms with E-state index in [1.807, 2.05) is 0 Å². The van der Waals surface area contributed by atoms with Crippen LogP contribution in [0.1, 0.15) is 30.1 Å². The molecule has 0 aliphatic rings. The molecular weight excluding hydrogens is 275 g/mol. The fourth-order valence-corrected chi connectivity index (χ4v) is 2.02. The van der Waals surface area contributed by atoms with E-state index in [-0.39, 0.29) is 5.78 Å². The molecule has 0 unspecified atom stereocenters. The van der Waals surface area contributed by atoms with Crippen LogP contribution in [0.15, 0.2) is 22.7 Å². The quantitative estimate of drug-likeness (QED) is 0.604. The van der Waals surface area contributed by atoms with Gasteiger partial charge in [-0.2, -0.15) is 0 Å². The zero-order valence-corrected chi connectivity index (χ0v) is 10.7. The summed E-state index contributed by atoms with van der Waals surface area (Å²) in [6.07, 6.45) is 1.03. The van der Waals surface area contributed by atoms with Crippen LogP contribution in [-0.4, -0.2) is 5.78 Å². The molecule has 0 N–H and O–H groups in total. The third-order valence-electron chi connectivity index (χ3n) is 1.84. The molecule has 0 bridgehead atoms. The van der Waals surface area contributed by atoms with E-state index in [4.69, 9.17) is 11.6 Å². The summed E-state index contributed by atoms with van der Waals surface area (Å²) in [4.78, 5) is 11.7. The van der Waals surface area contributed by atoms with E-state index in [1.54, 1.807) is 25.1 Å². The van der Waals surface area contributed by atoms with Crippen molar-refractivity contribution >= 4 is 33.3 Å². The van der Waals surface area contributed by atoms with Crippen LogP contribution in [0.3, 0.4) is 0 Å². The van der Waals surface area contributed by atoms with E-state index in [2.05, 4.69) is 27.8 Å². The zero-order chi connectivity index (χ0) is 11.3. The first-order valence-corrected chi connectivity index (χ1v) is 5.69. The van der Waals surface area contributed by atoms with Gasteiger partial charge in [-0.3, -0.25) is 4.79 Å². The number of benzene rings is 1. The van der Waals surface area contributed by atoms with Crippen molar-refractivity contribution in [3.63, 3.8) is 0 Å². The molecule has 78 valence electrons. The third kappa shape index (κ3) is 4.07. The van der Waals surface area contributed by atoms with Gasteiger partial charge in [0.15, 0.2) is 5.78 Å². The lowest BCUT2D eigenvalue weighted by atomic mass is 10.1. The number of Topliss-reactive ketones (excluding diaryl/α,β-unsaturated/α-hetero) is 1. The number of hydrogen-bond donors (Lipinski definition) is 0. The van der Waals surface area contributed by atoms with E-state index < -0.39 is 0 Å². The van der Waals surface area contributed by atoms with Gasteiger partial charge in [0.2, 0.25) is 0 Å². The first-order valence-electron chi connectivity index (χ1n) is 4.52. The van der Waals surface area contributed by atoms with E-state index in [0.29, 0.717) is 23.4 Å². The van der Waals surface area contributed by atoms with Crippen molar-refractivity contribution in [2.45, 2.75) is 19.8 Å². The van der Waals surface area contributed by atoms with Gasteiger partial charge in [0.25, 0.3) is 0 Å². The van der Waals surface area contributed by atoms with Gasteiger partial charge in [0, 0.05) is 27.9 Å². The Kier molecular flexibility index (Phi) is 4.87. The van der Waals surface area contributed by atoms with Crippen LogP contribution >= 0.6 is 27.5 Å². The molecule has 0 atom stereocenters. The highest BCUT2D eigenvalue weighted by Crippen LogP contribution is 2.20. The Labute approximate surface area is 103 Å². The summed E-state index contributed by atoms with van der Waals surface area (Å²) in [7, 11) is 0. The van der Waals surface area contributed by atoms with Crippen LogP contribution in [0, 0.1) is 11.8 Å². The molecule has 1 aromatic rings. The molecule has 0 saturated carbocycles. The molecule has 0 aromatic heterocycles. The standard InChI is InChI=1S/C12H10BrClO/c1-2-3-4-5-12(15)9-6-10(13)8-11(14)7-9/h6-8H,4-5H2,1H3. The molecule has 0 amide bonds. The number of hydrogen-bond acceptors (Lipinski definition) is 1. The summed E-state index contributed by atoms with van der Waals surface area (Å²) in [6, 6.07) is 5.20. The summed E-state index contributed by atoms with van der Waals surface area (Å²) in [5.74, 6) is 5.69. The first-order chi connectivity index (χ1) is 7.13. The minimum absolute atomic E-state index is 0.0703. The second-order valence-corrected chi connectivity index (χ2v) is 4.36. The van der Waals surface area contributed by atoms with Gasteiger partial charge in [-0.15, -0.1) is 11.8 Å². The molecule has 0 aliphatic heterocycles. The molecule has 3 heteroatoms. The Balaban J connectivity index is 2.76. The van der Waals surface area contributed by atoms with Crippen LogP contribution in [-0.2, 0) is 0 Å². The number of ketones is 1. The molecule has 0 aliphatic carbocycles. The topological polar surface area (TPSA) is 17.1 Å². The normalized spacial score (nSPS) is 9.27. The summed E-state index contributed by atoms with van der Waals surface area (Å²) >= 11 is 9.14. The highest BCUT2D eigenvalue weighted by Gasteiger charge is 2.06. The molecule has 1 rings (SSSR count). The second kappa shape index (κ2) is 5.95. The maximum atomic E-state index is 11.7. The average Bonchev–Trinajstić information content (AvgIpc) is 2.16. The summed E-state index contributed by atoms with van der Waals surface area (Å²) in [6.45, 7) is 1.76. The van der Waals surface area contributed by atoms with Gasteiger partial charge in [0.05, 0.1) is 0 Å². The van der Waals surface area contributed by atoms with Gasteiger partial charge in [0.1, 0.15) is 0 Å². The number of rotatable bonds is 3. The van der Waals surface area contributed by atoms with Gasteiger partial charge >= 0.3 is 0 Å². The van der Waals surface area contributed by atoms with Gasteiger partial charge in [-0.25, -0.2) is 0 Å². The van der Waals surface area contributed by atoms with Crippen LogP contribution in [0.5, 0.6) is 0 Å². The molecule has 0 heterocycles. The molecule has 15 heavy (non-hydrogen) atoms. The fraction of sp³-hybridized carbons (Fsp3) is 0.250. The van der Waals surface area contributed by atoms with Crippen LogP contribution in [0.4, 0.5) is 0 Å². The summed E-state index contributed by atoms with van der Waals surface area (Å²) < 4.78 is 0.819. The van der Waals surface area contributed by atoms with E-state index in [1.165, 1.54) is 0 Å². The lowest BCUT2D eigenvalue weighted by Crippen LogP contribution is -1.98. The number of halogens is 2. The number of carbonyl (C=O) groups excluding carboxylic acids is 1. The molecule has 0 fully saturated rings. The van der Waals surface area contributed by atoms with Gasteiger partial charge in [-0.1, -0.05) is 27.5 Å². The second-order valence-electron chi connectivity index (χ2n) is 3.01. The third-order valence-corrected chi connectivity index (χ3v) is 2.51. The smallest absolute Gasteiger partial charge is 0.163 e. The van der Waals surface area contributed by atoms with Crippen molar-refractivity contribution in [2.75, 3.05) is 0 Å². The van der Waals surface area contributed by atoms with Crippen molar-refractivity contribution in [1.82, 2.24) is 0 Å². The molecule has 0 spiro atoms. The zero-order valence-electron chi connectivity index (χ0n) is 8.31. The molecular formula is C12H10BrClO. The van der Waals surface area contributed by atoms with E-state index in [0.717, 1.165) is 4.47 Å². The lowest BCUT2D eigenvalue weighted by molar-refractivity contribution is 0.0984. The average molecular weight is 286 g/mol. The first kappa shape index (κ1) is 12.3. The monoisotopic (exact) mass is 284 g/mol. The lowest BCUT2D eigenvalue weighted by Gasteiger charge is -2.00. The SMILES string of the molecule is CC#CCCC(=O)c1cc(Cl)cc(Br)c1. The Morgan fingerprint density at radius 2 is 2.20 bits per heavy atom. The highest BCUT2D eigenvalue weighted by atomic mass is 79.9. The highest BCUT2D eigenvalue weighted by molar-refractivity contribution is 9.10. The Morgan fingerprint density at radius 1 is 1.47 bits per heavy atom. The molecule has 1 aromatic carbocycles. The maximum Gasteiger partial charge on any atom is 0.163 e. The van der Waals surface area contributed by atoms with Crippen molar-refractivity contribution in [3.8, 4) is 11.8 Å². The van der Waals surface area contributed by atoms with E-state index in [9.17, 15) is 4.79 Å². The molecule has 0 radical (unpaired) electrons. The fourth-order valence-electron chi connectivity index (χ4n) is 1.16. The van der Waals surface area contributed by atoms with Gasteiger partial charge in [-0.05, 0) is 25.1 Å². The van der Waals surface area contributed by atoms with Crippen molar-refractivity contribution in [2.24, 2.45) is 0 Å². The predicted octanol–water partition coefficient (Wildman–Crippen LogP) is 4.09. The summed E-state index contributed by atoms with van der Waals surface area (Å²) in [5.41, 5.74) is 0.632. The van der Waals surface area contributed by atoms with Crippen molar-refractivity contribution in [1.29, 1.82) is 0 Å². The summed E-state index contributed by atoms with van der Waals surface area (Å²) in [5, 5.41) is 0.564. The van der Waals surface area contributed by atoms with Crippen LogP contribution in [0.2, 0.25) is 5.02 Å². The molecule has 0 saturated heterocycles. The molecule has 1 nitrogen and oxygen atoms in total. The predicted molar refractivity (Wildman–Crippen MR) is 66.2 cm³/mol.